The lowest BCUT2D eigenvalue weighted by atomic mass is 10.0. The van der Waals surface area contributed by atoms with Crippen molar-refractivity contribution in [3.05, 3.63) is 65.7 Å². The molecule has 0 bridgehead atoms. The third kappa shape index (κ3) is 3.20. The molecule has 1 heterocycles. The lowest BCUT2D eigenvalue weighted by Crippen LogP contribution is -2.48. The molecule has 1 aliphatic rings. The van der Waals surface area contributed by atoms with Crippen LogP contribution in [0.2, 0.25) is 0 Å². The van der Waals surface area contributed by atoms with Crippen LogP contribution in [0.5, 0.6) is 0 Å². The van der Waals surface area contributed by atoms with E-state index in [0.29, 0.717) is 0 Å². The monoisotopic (exact) mass is 266 g/mol. The molecule has 0 saturated carbocycles. The highest BCUT2D eigenvalue weighted by Gasteiger charge is 2.20. The lowest BCUT2D eigenvalue weighted by molar-refractivity contribution is 0.348. The average molecular weight is 266 g/mol. The van der Waals surface area contributed by atoms with Crippen molar-refractivity contribution < 1.29 is 0 Å². The zero-order valence-electron chi connectivity index (χ0n) is 12.0. The minimum Gasteiger partial charge on any atom is -0.367 e. The molecule has 2 aromatic rings. The first kappa shape index (κ1) is 13.2. The van der Waals surface area contributed by atoms with Gasteiger partial charge in [0.25, 0.3) is 0 Å². The van der Waals surface area contributed by atoms with Crippen LogP contribution in [0.15, 0.2) is 54.6 Å². The summed E-state index contributed by atoms with van der Waals surface area (Å²) in [7, 11) is 0. The van der Waals surface area contributed by atoms with Crippen LogP contribution in [0.1, 0.15) is 11.1 Å². The van der Waals surface area contributed by atoms with Crippen LogP contribution in [0.4, 0.5) is 5.69 Å². The molecule has 2 aromatic carbocycles. The van der Waals surface area contributed by atoms with Crippen LogP contribution >= 0.6 is 0 Å². The highest BCUT2D eigenvalue weighted by Crippen LogP contribution is 2.20. The largest absolute Gasteiger partial charge is 0.367 e. The number of nitrogens with one attached hydrogen (secondary N) is 1. The summed E-state index contributed by atoms with van der Waals surface area (Å²) >= 11 is 0. The number of hydrogen-bond donors (Lipinski definition) is 1. The summed E-state index contributed by atoms with van der Waals surface area (Å²) in [5, 5.41) is 3.36. The van der Waals surface area contributed by atoms with Crippen molar-refractivity contribution in [2.75, 3.05) is 24.5 Å². The van der Waals surface area contributed by atoms with E-state index in [1.165, 1.54) is 16.8 Å². The fourth-order valence-electron chi connectivity index (χ4n) is 2.60. The van der Waals surface area contributed by atoms with Gasteiger partial charge in [0.05, 0.1) is 0 Å². The Morgan fingerprint density at radius 3 is 2.30 bits per heavy atom. The average Bonchev–Trinajstić information content (AvgIpc) is 2.44. The van der Waals surface area contributed by atoms with Gasteiger partial charge >= 0.3 is 0 Å². The van der Waals surface area contributed by atoms with Crippen LogP contribution in [-0.4, -0.2) is 19.6 Å². The Morgan fingerprint density at radius 1 is 1.00 bits per heavy atom. The fraction of sp³-hybridized carbons (Fsp3) is 0.333. The van der Waals surface area contributed by atoms with Gasteiger partial charge in [-0.2, -0.15) is 0 Å². The van der Waals surface area contributed by atoms with Gasteiger partial charge in [-0.05, 0) is 24.6 Å². The van der Waals surface area contributed by atoms with Crippen LogP contribution in [-0.2, 0) is 6.54 Å². The van der Waals surface area contributed by atoms with Gasteiger partial charge < -0.3 is 10.2 Å². The molecule has 1 fully saturated rings. The summed E-state index contributed by atoms with van der Waals surface area (Å²) in [4.78, 5) is 2.50. The third-order valence-corrected chi connectivity index (χ3v) is 3.96. The lowest BCUT2D eigenvalue weighted by Gasteiger charge is -2.34. The maximum Gasteiger partial charge on any atom is 0.0429 e. The zero-order chi connectivity index (χ0) is 13.8. The molecule has 0 radical (unpaired) electrons. The first-order valence-electron chi connectivity index (χ1n) is 7.37. The number of aryl methyl sites for hydroxylation is 1. The molecule has 0 atom stereocenters. The molecule has 1 saturated heterocycles. The summed E-state index contributed by atoms with van der Waals surface area (Å²) in [6.45, 7) is 6.55. The second kappa shape index (κ2) is 6.10. The van der Waals surface area contributed by atoms with Gasteiger partial charge in [0.15, 0.2) is 0 Å². The van der Waals surface area contributed by atoms with Crippen LogP contribution in [0.25, 0.3) is 0 Å². The van der Waals surface area contributed by atoms with Crippen molar-refractivity contribution in [3.63, 3.8) is 0 Å². The van der Waals surface area contributed by atoms with E-state index in [9.17, 15) is 0 Å². The molecule has 0 aromatic heterocycles. The molecule has 0 aliphatic carbocycles. The van der Waals surface area contributed by atoms with E-state index in [4.69, 9.17) is 0 Å². The smallest absolute Gasteiger partial charge is 0.0429 e. The molecule has 0 amide bonds. The highest BCUT2D eigenvalue weighted by atomic mass is 15.1. The Morgan fingerprint density at radius 2 is 1.70 bits per heavy atom. The molecule has 3 rings (SSSR count). The first-order valence-corrected chi connectivity index (χ1v) is 7.37. The molecule has 104 valence electrons. The predicted octanol–water partition coefficient (Wildman–Crippen LogP) is 3.22. The van der Waals surface area contributed by atoms with Crippen molar-refractivity contribution in [1.82, 2.24) is 5.32 Å². The number of nitrogens with zero attached hydrogens (tertiary/aromatic N) is 1. The predicted molar refractivity (Wildman–Crippen MR) is 85.0 cm³/mol. The minimum atomic E-state index is 0.778. The zero-order valence-corrected chi connectivity index (χ0v) is 12.0. The van der Waals surface area contributed by atoms with Gasteiger partial charge in [0.1, 0.15) is 0 Å². The van der Waals surface area contributed by atoms with Crippen LogP contribution in [0.3, 0.4) is 0 Å². The Balaban J connectivity index is 1.75. The van der Waals surface area contributed by atoms with E-state index >= 15 is 0 Å². The Hall–Kier alpha value is -1.80. The van der Waals surface area contributed by atoms with Gasteiger partial charge in [0, 0.05) is 37.8 Å². The molecule has 0 unspecified atom stereocenters. The molecule has 2 heteroatoms. The van der Waals surface area contributed by atoms with Gasteiger partial charge in [-0.25, -0.2) is 0 Å². The summed E-state index contributed by atoms with van der Waals surface area (Å²) in [5.74, 6) is 0.778. The number of benzene rings is 2. The van der Waals surface area contributed by atoms with Gasteiger partial charge in [-0.1, -0.05) is 48.0 Å². The van der Waals surface area contributed by atoms with E-state index < -0.39 is 0 Å². The van der Waals surface area contributed by atoms with Crippen molar-refractivity contribution in [3.8, 4) is 0 Å². The fourth-order valence-corrected chi connectivity index (χ4v) is 2.60. The van der Waals surface area contributed by atoms with E-state index in [2.05, 4.69) is 71.7 Å². The molecule has 1 aliphatic heterocycles. The quantitative estimate of drug-likeness (QED) is 0.894. The van der Waals surface area contributed by atoms with Gasteiger partial charge in [-0.15, -0.1) is 0 Å². The SMILES string of the molecule is Cc1ccc(CN(CC2CNC2)c2ccccc2)cc1. The number of anilines is 1. The molecular weight excluding hydrogens is 244 g/mol. The van der Waals surface area contributed by atoms with E-state index in [-0.39, 0.29) is 0 Å². The van der Waals surface area contributed by atoms with Gasteiger partial charge in [0.2, 0.25) is 0 Å². The van der Waals surface area contributed by atoms with Crippen LogP contribution in [0, 0.1) is 12.8 Å². The topological polar surface area (TPSA) is 15.3 Å². The number of rotatable bonds is 5. The molecular formula is C18H22N2. The molecule has 0 spiro atoms. The van der Waals surface area contributed by atoms with Gasteiger partial charge in [-0.3, -0.25) is 0 Å². The van der Waals surface area contributed by atoms with Crippen molar-refractivity contribution in [1.29, 1.82) is 0 Å². The van der Waals surface area contributed by atoms with Crippen molar-refractivity contribution in [2.24, 2.45) is 5.92 Å². The summed E-state index contributed by atoms with van der Waals surface area (Å²) in [6, 6.07) is 19.6. The summed E-state index contributed by atoms with van der Waals surface area (Å²) in [5.41, 5.74) is 4.02. The Kier molecular flexibility index (Phi) is 4.03. The van der Waals surface area contributed by atoms with Crippen molar-refractivity contribution >= 4 is 5.69 Å². The van der Waals surface area contributed by atoms with Crippen LogP contribution < -0.4 is 10.2 Å². The standard InChI is InChI=1S/C18H22N2/c1-15-7-9-16(10-8-15)13-20(14-17-11-19-12-17)18-5-3-2-4-6-18/h2-10,17,19H,11-14H2,1H3. The van der Waals surface area contributed by atoms with E-state index in [1.807, 2.05) is 0 Å². The summed E-state index contributed by atoms with van der Waals surface area (Å²) < 4.78 is 0. The minimum absolute atomic E-state index is 0.778. The summed E-state index contributed by atoms with van der Waals surface area (Å²) in [6.07, 6.45) is 0. The second-order valence-corrected chi connectivity index (χ2v) is 5.73. The number of hydrogen-bond acceptors (Lipinski definition) is 2. The Labute approximate surface area is 121 Å². The molecule has 1 N–H and O–H groups in total. The second-order valence-electron chi connectivity index (χ2n) is 5.73. The first-order chi connectivity index (χ1) is 9.81. The van der Waals surface area contributed by atoms with Crippen molar-refractivity contribution in [2.45, 2.75) is 13.5 Å². The molecule has 20 heavy (non-hydrogen) atoms. The third-order valence-electron chi connectivity index (χ3n) is 3.96. The Bertz CT molecular complexity index is 529. The maximum atomic E-state index is 3.36. The van der Waals surface area contributed by atoms with E-state index in [1.54, 1.807) is 0 Å². The highest BCUT2D eigenvalue weighted by molar-refractivity contribution is 5.47. The van der Waals surface area contributed by atoms with E-state index in [0.717, 1.165) is 32.1 Å². The maximum absolute atomic E-state index is 3.36. The number of para-hydroxylation sites is 1. The molecule has 2 nitrogen and oxygen atoms in total. The normalized spacial score (nSPS) is 14.8.